The molecule has 0 aliphatic carbocycles. The Morgan fingerprint density at radius 3 is 2.47 bits per heavy atom. The molecule has 0 bridgehead atoms. The molecule has 0 saturated carbocycles. The quantitative estimate of drug-likeness (QED) is 0.782. The molecule has 1 aromatic rings. The molecule has 1 rings (SSSR count). The van der Waals surface area contributed by atoms with Gasteiger partial charge in [0.25, 0.3) is 0 Å². The van der Waals surface area contributed by atoms with Gasteiger partial charge in [-0.2, -0.15) is 0 Å². The van der Waals surface area contributed by atoms with Gasteiger partial charge in [0.15, 0.2) is 0 Å². The van der Waals surface area contributed by atoms with Gasteiger partial charge < -0.3 is 14.9 Å². The van der Waals surface area contributed by atoms with Crippen LogP contribution in [0.25, 0.3) is 5.57 Å². The number of hydrogen-bond donors (Lipinski definition) is 2. The van der Waals surface area contributed by atoms with Crippen LogP contribution in [0.5, 0.6) is 5.75 Å². The zero-order valence-electron chi connectivity index (χ0n) is 10.2. The molecule has 0 heterocycles. The molecule has 0 unspecified atom stereocenters. The van der Waals surface area contributed by atoms with Crippen molar-refractivity contribution < 1.29 is 19.7 Å². The van der Waals surface area contributed by atoms with E-state index in [2.05, 4.69) is 0 Å². The van der Waals surface area contributed by atoms with Crippen LogP contribution in [0.3, 0.4) is 0 Å². The molecule has 0 radical (unpaired) electrons. The summed E-state index contributed by atoms with van der Waals surface area (Å²) < 4.78 is 5.18. The first-order chi connectivity index (χ1) is 8.01. The number of aliphatic carboxylic acids is 1. The maximum Gasteiger partial charge on any atom is 0.328 e. The molecule has 17 heavy (non-hydrogen) atoms. The van der Waals surface area contributed by atoms with Gasteiger partial charge in [-0.05, 0) is 42.2 Å². The normalized spacial score (nSPS) is 11.4. The van der Waals surface area contributed by atoms with Crippen LogP contribution in [0.1, 0.15) is 16.7 Å². The van der Waals surface area contributed by atoms with E-state index in [1.54, 1.807) is 19.2 Å². The van der Waals surface area contributed by atoms with E-state index in [0.29, 0.717) is 5.57 Å². The standard InChI is InChI=1S/C13H16O4/c1-8-9(2)12(17-3)5-4-11(8)10(7-14)6-13(15)16/h4-6,14H,7H2,1-3H3,(H,15,16)/b10-6+. The first-order valence-corrected chi connectivity index (χ1v) is 5.20. The summed E-state index contributed by atoms with van der Waals surface area (Å²) in [7, 11) is 1.58. The lowest BCUT2D eigenvalue weighted by Crippen LogP contribution is -2.01. The molecule has 1 aromatic carbocycles. The minimum Gasteiger partial charge on any atom is -0.496 e. The molecule has 0 spiro atoms. The number of aliphatic hydroxyl groups is 1. The molecule has 0 atom stereocenters. The first kappa shape index (κ1) is 13.3. The minimum absolute atomic E-state index is 0.307. The second-order valence-electron chi connectivity index (χ2n) is 3.73. The van der Waals surface area contributed by atoms with E-state index in [4.69, 9.17) is 9.84 Å². The Hall–Kier alpha value is -1.81. The number of methoxy groups -OCH3 is 1. The van der Waals surface area contributed by atoms with Crippen LogP contribution in [-0.4, -0.2) is 29.9 Å². The molecule has 92 valence electrons. The zero-order valence-corrected chi connectivity index (χ0v) is 10.2. The topological polar surface area (TPSA) is 66.8 Å². The van der Waals surface area contributed by atoms with Crippen molar-refractivity contribution in [1.29, 1.82) is 0 Å². The van der Waals surface area contributed by atoms with E-state index in [1.807, 2.05) is 13.8 Å². The largest absolute Gasteiger partial charge is 0.496 e. The lowest BCUT2D eigenvalue weighted by Gasteiger charge is -2.13. The van der Waals surface area contributed by atoms with Gasteiger partial charge in [0, 0.05) is 6.08 Å². The fourth-order valence-electron chi connectivity index (χ4n) is 1.72. The number of benzene rings is 1. The van der Waals surface area contributed by atoms with Crippen molar-refractivity contribution in [3.8, 4) is 5.75 Å². The van der Waals surface area contributed by atoms with Gasteiger partial charge in [-0.15, -0.1) is 0 Å². The van der Waals surface area contributed by atoms with Crippen molar-refractivity contribution in [3.05, 3.63) is 34.9 Å². The Bertz CT molecular complexity index is 461. The average molecular weight is 236 g/mol. The number of hydrogen-bond acceptors (Lipinski definition) is 3. The maximum atomic E-state index is 10.6. The number of carboxylic acids is 1. The molecule has 2 N–H and O–H groups in total. The smallest absolute Gasteiger partial charge is 0.328 e. The third kappa shape index (κ3) is 2.85. The summed E-state index contributed by atoms with van der Waals surface area (Å²) in [5, 5.41) is 17.9. The summed E-state index contributed by atoms with van der Waals surface area (Å²) in [6, 6.07) is 3.52. The first-order valence-electron chi connectivity index (χ1n) is 5.20. The highest BCUT2D eigenvalue weighted by molar-refractivity contribution is 5.91. The number of aliphatic hydroxyl groups excluding tert-OH is 1. The van der Waals surface area contributed by atoms with E-state index in [9.17, 15) is 9.90 Å². The molecule has 0 saturated heterocycles. The summed E-state index contributed by atoms with van der Waals surface area (Å²) >= 11 is 0. The number of carbonyl (C=O) groups is 1. The Kier molecular flexibility index (Phi) is 4.29. The summed E-state index contributed by atoms with van der Waals surface area (Å²) in [5.74, 6) is -0.319. The Balaban J connectivity index is 3.32. The van der Waals surface area contributed by atoms with Crippen LogP contribution in [0.4, 0.5) is 0 Å². The summed E-state index contributed by atoms with van der Waals surface area (Å²) in [5.41, 5.74) is 2.97. The highest BCUT2D eigenvalue weighted by atomic mass is 16.5. The fraction of sp³-hybridized carbons (Fsp3) is 0.308. The van der Waals surface area contributed by atoms with E-state index < -0.39 is 5.97 Å². The maximum absolute atomic E-state index is 10.6. The van der Waals surface area contributed by atoms with Crippen LogP contribution in [-0.2, 0) is 4.79 Å². The second-order valence-corrected chi connectivity index (χ2v) is 3.73. The van der Waals surface area contributed by atoms with Crippen molar-refractivity contribution in [2.45, 2.75) is 13.8 Å². The van der Waals surface area contributed by atoms with E-state index in [-0.39, 0.29) is 6.61 Å². The minimum atomic E-state index is -1.07. The molecule has 0 amide bonds. The van der Waals surface area contributed by atoms with E-state index >= 15 is 0 Å². The molecule has 0 aromatic heterocycles. The number of rotatable bonds is 4. The van der Waals surface area contributed by atoms with Crippen LogP contribution < -0.4 is 4.74 Å². The van der Waals surface area contributed by atoms with Gasteiger partial charge in [-0.1, -0.05) is 6.07 Å². The fourth-order valence-corrected chi connectivity index (χ4v) is 1.72. The van der Waals surface area contributed by atoms with Crippen LogP contribution in [0, 0.1) is 13.8 Å². The number of carboxylic acid groups (broad SMARTS) is 1. The average Bonchev–Trinajstić information content (AvgIpc) is 2.29. The summed E-state index contributed by atoms with van der Waals surface area (Å²) in [6.07, 6.45) is 1.02. The molecule has 4 nitrogen and oxygen atoms in total. The van der Waals surface area contributed by atoms with Crippen molar-refractivity contribution in [2.75, 3.05) is 13.7 Å². The zero-order chi connectivity index (χ0) is 13.0. The van der Waals surface area contributed by atoms with Gasteiger partial charge in [0.2, 0.25) is 0 Å². The molecular formula is C13H16O4. The monoisotopic (exact) mass is 236 g/mol. The number of ether oxygens (including phenoxy) is 1. The Morgan fingerprint density at radius 2 is 2.00 bits per heavy atom. The molecular weight excluding hydrogens is 220 g/mol. The van der Waals surface area contributed by atoms with Gasteiger partial charge in [-0.3, -0.25) is 0 Å². The van der Waals surface area contributed by atoms with Gasteiger partial charge >= 0.3 is 5.97 Å². The van der Waals surface area contributed by atoms with Crippen molar-refractivity contribution >= 4 is 11.5 Å². The second kappa shape index (κ2) is 5.50. The highest BCUT2D eigenvalue weighted by Gasteiger charge is 2.11. The molecule has 0 aliphatic heterocycles. The van der Waals surface area contributed by atoms with Gasteiger partial charge in [0.05, 0.1) is 13.7 Å². The van der Waals surface area contributed by atoms with Crippen molar-refractivity contribution in [3.63, 3.8) is 0 Å². The van der Waals surface area contributed by atoms with E-state index in [1.165, 1.54) is 0 Å². The predicted molar refractivity (Wildman–Crippen MR) is 65.2 cm³/mol. The van der Waals surface area contributed by atoms with Crippen LogP contribution >= 0.6 is 0 Å². The predicted octanol–water partition coefficient (Wildman–Crippen LogP) is 1.77. The summed E-state index contributed by atoms with van der Waals surface area (Å²) in [4.78, 5) is 10.6. The Labute approximate surface area is 100 Å². The van der Waals surface area contributed by atoms with Gasteiger partial charge in [0.1, 0.15) is 5.75 Å². The Morgan fingerprint density at radius 1 is 1.35 bits per heavy atom. The SMILES string of the molecule is COc1ccc(/C(=C/C(=O)O)CO)c(C)c1C. The van der Waals surface area contributed by atoms with Crippen molar-refractivity contribution in [2.24, 2.45) is 0 Å². The third-order valence-electron chi connectivity index (χ3n) is 2.77. The van der Waals surface area contributed by atoms with Crippen LogP contribution in [0.15, 0.2) is 18.2 Å². The van der Waals surface area contributed by atoms with Crippen molar-refractivity contribution in [1.82, 2.24) is 0 Å². The van der Waals surface area contributed by atoms with Gasteiger partial charge in [-0.25, -0.2) is 4.79 Å². The summed E-state index contributed by atoms with van der Waals surface area (Å²) in [6.45, 7) is 3.46. The molecule has 4 heteroatoms. The van der Waals surface area contributed by atoms with E-state index in [0.717, 1.165) is 28.5 Å². The lowest BCUT2D eigenvalue weighted by molar-refractivity contribution is -0.131. The molecule has 0 aliphatic rings. The molecule has 0 fully saturated rings. The van der Waals surface area contributed by atoms with Crippen LogP contribution in [0.2, 0.25) is 0 Å². The third-order valence-corrected chi connectivity index (χ3v) is 2.77. The highest BCUT2D eigenvalue weighted by Crippen LogP contribution is 2.28. The lowest BCUT2D eigenvalue weighted by atomic mass is 9.96.